The van der Waals surface area contributed by atoms with E-state index in [1.807, 2.05) is 18.2 Å². The largest absolute Gasteiger partial charge is 0.495 e. The first kappa shape index (κ1) is 13.3. The third kappa shape index (κ3) is 3.19. The molecule has 0 spiro atoms. The first-order valence-electron chi connectivity index (χ1n) is 6.30. The summed E-state index contributed by atoms with van der Waals surface area (Å²) in [5.41, 5.74) is 10.2. The molecule has 0 fully saturated rings. The van der Waals surface area contributed by atoms with Gasteiger partial charge in [-0.3, -0.25) is 0 Å². The van der Waals surface area contributed by atoms with Gasteiger partial charge in [-0.2, -0.15) is 0 Å². The lowest BCUT2D eigenvalue weighted by atomic mass is 10.1. The average Bonchev–Trinajstić information content (AvgIpc) is 2.39. The number of anilines is 2. The van der Waals surface area contributed by atoms with Crippen molar-refractivity contribution in [3.05, 3.63) is 53.6 Å². The molecule has 0 atom stereocenters. The summed E-state index contributed by atoms with van der Waals surface area (Å²) in [5, 5.41) is 0. The van der Waals surface area contributed by atoms with Gasteiger partial charge in [0.05, 0.1) is 12.8 Å². The summed E-state index contributed by atoms with van der Waals surface area (Å²) in [7, 11) is 3.70. The number of ether oxygens (including phenoxy) is 1. The smallest absolute Gasteiger partial charge is 0.141 e. The summed E-state index contributed by atoms with van der Waals surface area (Å²) in [6.07, 6.45) is 0. The molecule has 0 aromatic heterocycles. The summed E-state index contributed by atoms with van der Waals surface area (Å²) >= 11 is 0. The number of nitrogens with two attached hydrogens (primary N) is 1. The summed E-state index contributed by atoms with van der Waals surface area (Å²) < 4.78 is 5.16. The van der Waals surface area contributed by atoms with Crippen LogP contribution in [0.15, 0.2) is 42.5 Å². The second-order valence-corrected chi connectivity index (χ2v) is 4.77. The zero-order chi connectivity index (χ0) is 13.8. The molecule has 0 saturated carbocycles. The molecule has 0 bridgehead atoms. The Morgan fingerprint density at radius 1 is 1.11 bits per heavy atom. The highest BCUT2D eigenvalue weighted by molar-refractivity contribution is 5.55. The van der Waals surface area contributed by atoms with Crippen LogP contribution >= 0.6 is 0 Å². The molecular formula is C16H20N2O. The van der Waals surface area contributed by atoms with E-state index in [1.54, 1.807) is 7.11 Å². The number of hydrogen-bond donors (Lipinski definition) is 1. The molecule has 3 nitrogen and oxygen atoms in total. The van der Waals surface area contributed by atoms with Crippen LogP contribution in [0.1, 0.15) is 11.1 Å². The fraction of sp³-hybridized carbons (Fsp3) is 0.250. The second kappa shape index (κ2) is 5.65. The Kier molecular flexibility index (Phi) is 3.95. The van der Waals surface area contributed by atoms with Crippen molar-refractivity contribution in [2.45, 2.75) is 13.5 Å². The Hall–Kier alpha value is -2.16. The van der Waals surface area contributed by atoms with E-state index in [9.17, 15) is 0 Å². The Morgan fingerprint density at radius 2 is 1.79 bits per heavy atom. The minimum atomic E-state index is 0.678. The van der Waals surface area contributed by atoms with Gasteiger partial charge in [0.2, 0.25) is 0 Å². The van der Waals surface area contributed by atoms with Gasteiger partial charge in [-0.25, -0.2) is 0 Å². The maximum atomic E-state index is 5.92. The van der Waals surface area contributed by atoms with E-state index in [0.29, 0.717) is 5.69 Å². The molecule has 0 unspecified atom stereocenters. The lowest BCUT2D eigenvalue weighted by Crippen LogP contribution is -2.16. The van der Waals surface area contributed by atoms with Gasteiger partial charge in [0.15, 0.2) is 0 Å². The standard InChI is InChI=1S/C16H20N2O/c1-12-4-7-14(8-5-12)18(2)11-13-6-9-16(19-3)15(17)10-13/h4-10H,11,17H2,1-3H3. The van der Waals surface area contributed by atoms with Gasteiger partial charge in [-0.1, -0.05) is 23.8 Å². The number of aryl methyl sites for hydroxylation is 1. The van der Waals surface area contributed by atoms with E-state index < -0.39 is 0 Å². The van der Waals surface area contributed by atoms with Crippen LogP contribution in [0.3, 0.4) is 0 Å². The minimum Gasteiger partial charge on any atom is -0.495 e. The summed E-state index contributed by atoms with van der Waals surface area (Å²) in [4.78, 5) is 2.20. The van der Waals surface area contributed by atoms with Gasteiger partial charge < -0.3 is 15.4 Å². The number of nitrogen functional groups attached to an aromatic ring is 1. The van der Waals surface area contributed by atoms with Crippen molar-refractivity contribution >= 4 is 11.4 Å². The normalized spacial score (nSPS) is 10.3. The van der Waals surface area contributed by atoms with Gasteiger partial charge in [-0.15, -0.1) is 0 Å². The lowest BCUT2D eigenvalue weighted by molar-refractivity contribution is 0.417. The van der Waals surface area contributed by atoms with Crippen molar-refractivity contribution in [2.24, 2.45) is 0 Å². The van der Waals surface area contributed by atoms with Crippen LogP contribution in [0.5, 0.6) is 5.75 Å². The molecular weight excluding hydrogens is 236 g/mol. The third-order valence-electron chi connectivity index (χ3n) is 3.19. The van der Waals surface area contributed by atoms with Crippen molar-refractivity contribution in [2.75, 3.05) is 24.8 Å². The molecule has 3 heteroatoms. The fourth-order valence-electron chi connectivity index (χ4n) is 2.05. The van der Waals surface area contributed by atoms with E-state index in [0.717, 1.165) is 12.3 Å². The molecule has 0 radical (unpaired) electrons. The van der Waals surface area contributed by atoms with E-state index in [2.05, 4.69) is 43.1 Å². The quantitative estimate of drug-likeness (QED) is 0.854. The van der Waals surface area contributed by atoms with Gasteiger partial charge in [0, 0.05) is 19.3 Å². The number of hydrogen-bond acceptors (Lipinski definition) is 3. The lowest BCUT2D eigenvalue weighted by Gasteiger charge is -2.20. The van der Waals surface area contributed by atoms with Gasteiger partial charge in [0.25, 0.3) is 0 Å². The maximum absolute atomic E-state index is 5.92. The van der Waals surface area contributed by atoms with Crippen LogP contribution < -0.4 is 15.4 Å². The molecule has 2 aromatic carbocycles. The highest BCUT2D eigenvalue weighted by atomic mass is 16.5. The fourth-order valence-corrected chi connectivity index (χ4v) is 2.05. The van der Waals surface area contributed by atoms with Crippen LogP contribution in [-0.2, 0) is 6.54 Å². The highest BCUT2D eigenvalue weighted by Gasteiger charge is 2.05. The summed E-state index contributed by atoms with van der Waals surface area (Å²) in [6.45, 7) is 2.91. The molecule has 100 valence electrons. The number of nitrogens with zero attached hydrogens (tertiary/aromatic N) is 1. The van der Waals surface area contributed by atoms with Crippen LogP contribution in [0, 0.1) is 6.92 Å². The zero-order valence-corrected chi connectivity index (χ0v) is 11.7. The first-order chi connectivity index (χ1) is 9.10. The molecule has 2 rings (SSSR count). The topological polar surface area (TPSA) is 38.5 Å². The van der Waals surface area contributed by atoms with E-state index in [4.69, 9.17) is 10.5 Å². The SMILES string of the molecule is COc1ccc(CN(C)c2ccc(C)cc2)cc1N. The summed E-state index contributed by atoms with van der Waals surface area (Å²) in [6, 6.07) is 14.4. The maximum Gasteiger partial charge on any atom is 0.141 e. The molecule has 0 aliphatic rings. The number of rotatable bonds is 4. The first-order valence-corrected chi connectivity index (χ1v) is 6.30. The Bertz CT molecular complexity index is 549. The molecule has 0 saturated heterocycles. The molecule has 0 aliphatic heterocycles. The molecule has 2 aromatic rings. The Balaban J connectivity index is 2.12. The monoisotopic (exact) mass is 256 g/mol. The van der Waals surface area contributed by atoms with E-state index in [1.165, 1.54) is 16.8 Å². The van der Waals surface area contributed by atoms with Crippen molar-refractivity contribution in [3.8, 4) is 5.75 Å². The molecule has 0 amide bonds. The summed E-state index contributed by atoms with van der Waals surface area (Å²) in [5.74, 6) is 0.724. The Labute approximate surface area is 114 Å². The predicted molar refractivity (Wildman–Crippen MR) is 80.7 cm³/mol. The van der Waals surface area contributed by atoms with Crippen LogP contribution in [-0.4, -0.2) is 14.2 Å². The van der Waals surface area contributed by atoms with Gasteiger partial charge >= 0.3 is 0 Å². The molecule has 0 heterocycles. The van der Waals surface area contributed by atoms with Crippen molar-refractivity contribution in [3.63, 3.8) is 0 Å². The predicted octanol–water partition coefficient (Wildman–Crippen LogP) is 3.22. The molecule has 0 aliphatic carbocycles. The van der Waals surface area contributed by atoms with Gasteiger partial charge in [0.1, 0.15) is 5.75 Å². The minimum absolute atomic E-state index is 0.678. The van der Waals surface area contributed by atoms with Crippen molar-refractivity contribution in [1.82, 2.24) is 0 Å². The Morgan fingerprint density at radius 3 is 2.37 bits per heavy atom. The third-order valence-corrected chi connectivity index (χ3v) is 3.19. The number of benzene rings is 2. The highest BCUT2D eigenvalue weighted by Crippen LogP contribution is 2.23. The van der Waals surface area contributed by atoms with E-state index >= 15 is 0 Å². The number of methoxy groups -OCH3 is 1. The zero-order valence-electron chi connectivity index (χ0n) is 11.7. The second-order valence-electron chi connectivity index (χ2n) is 4.77. The van der Waals surface area contributed by atoms with Crippen LogP contribution in [0.2, 0.25) is 0 Å². The van der Waals surface area contributed by atoms with Crippen molar-refractivity contribution < 1.29 is 4.74 Å². The van der Waals surface area contributed by atoms with Gasteiger partial charge in [-0.05, 0) is 36.8 Å². The average molecular weight is 256 g/mol. The van der Waals surface area contributed by atoms with Crippen LogP contribution in [0.4, 0.5) is 11.4 Å². The van der Waals surface area contributed by atoms with E-state index in [-0.39, 0.29) is 0 Å². The van der Waals surface area contributed by atoms with Crippen molar-refractivity contribution in [1.29, 1.82) is 0 Å². The molecule has 19 heavy (non-hydrogen) atoms. The van der Waals surface area contributed by atoms with Crippen LogP contribution in [0.25, 0.3) is 0 Å². The molecule has 2 N–H and O–H groups in total.